The summed E-state index contributed by atoms with van der Waals surface area (Å²) >= 11 is 1.56. The highest BCUT2D eigenvalue weighted by Crippen LogP contribution is 2.36. The Hall–Kier alpha value is -4.24. The van der Waals surface area contributed by atoms with Gasteiger partial charge in [-0.25, -0.2) is 4.98 Å². The number of allylic oxidation sites excluding steroid dienone is 1. The fraction of sp³-hybridized carbons (Fsp3) is 0.267. The van der Waals surface area contributed by atoms with E-state index >= 15 is 0 Å². The second-order valence-corrected chi connectivity index (χ2v) is 10.4. The van der Waals surface area contributed by atoms with Crippen LogP contribution in [-0.2, 0) is 6.54 Å². The maximum Gasteiger partial charge on any atom is 0.242 e. The normalized spacial score (nSPS) is 14.4. The molecular weight excluding hydrogens is 492 g/mol. The molecule has 0 saturated carbocycles. The monoisotopic (exact) mass is 520 g/mol. The lowest BCUT2D eigenvalue weighted by Crippen LogP contribution is -2.39. The van der Waals surface area contributed by atoms with Gasteiger partial charge < -0.3 is 10.1 Å². The number of hydrogen-bond acceptors (Lipinski definition) is 8. The van der Waals surface area contributed by atoms with Gasteiger partial charge in [0.15, 0.2) is 0 Å². The smallest absolute Gasteiger partial charge is 0.242 e. The summed E-state index contributed by atoms with van der Waals surface area (Å²) in [4.78, 5) is 11.9. The lowest BCUT2D eigenvalue weighted by atomic mass is 10.0. The van der Waals surface area contributed by atoms with Crippen LogP contribution in [-0.4, -0.2) is 34.0 Å². The van der Waals surface area contributed by atoms with Crippen LogP contribution in [0.1, 0.15) is 40.7 Å². The molecular formula is C30H28N6OS. The van der Waals surface area contributed by atoms with Crippen LogP contribution < -0.4 is 10.1 Å². The Labute approximate surface area is 226 Å². The van der Waals surface area contributed by atoms with Crippen molar-refractivity contribution in [2.45, 2.75) is 39.3 Å². The van der Waals surface area contributed by atoms with E-state index in [0.717, 1.165) is 76.3 Å². The maximum absolute atomic E-state index is 9.39. The minimum Gasteiger partial charge on any atom is -0.437 e. The molecule has 190 valence electrons. The van der Waals surface area contributed by atoms with E-state index in [1.807, 2.05) is 67.8 Å². The summed E-state index contributed by atoms with van der Waals surface area (Å²) in [5.74, 6) is 1.89. The zero-order valence-corrected chi connectivity index (χ0v) is 22.3. The Morgan fingerprint density at radius 2 is 1.87 bits per heavy atom. The maximum atomic E-state index is 9.39. The van der Waals surface area contributed by atoms with Crippen molar-refractivity contribution in [2.75, 3.05) is 18.4 Å². The SMILES string of the molecule is Cc1cc(/C=C/C#N)cc(C)c1Oc1nc(NC2CCN(Cc3ccccc3C#N)CC2)nc2ccsc12. The minimum absolute atomic E-state index is 0.260. The first-order valence-electron chi connectivity index (χ1n) is 12.6. The summed E-state index contributed by atoms with van der Waals surface area (Å²) < 4.78 is 7.31. The quantitative estimate of drug-likeness (QED) is 0.275. The highest BCUT2D eigenvalue weighted by Gasteiger charge is 2.22. The molecule has 0 bridgehead atoms. The van der Waals surface area contributed by atoms with Crippen molar-refractivity contribution in [1.82, 2.24) is 14.9 Å². The number of nitrogens with zero attached hydrogens (tertiary/aromatic N) is 5. The van der Waals surface area contributed by atoms with Crippen LogP contribution >= 0.6 is 11.3 Å². The topological polar surface area (TPSA) is 97.9 Å². The molecule has 38 heavy (non-hydrogen) atoms. The molecule has 4 aromatic rings. The summed E-state index contributed by atoms with van der Waals surface area (Å²) in [5.41, 5.74) is 5.60. The van der Waals surface area contributed by atoms with E-state index < -0.39 is 0 Å². The van der Waals surface area contributed by atoms with Gasteiger partial charge in [-0.2, -0.15) is 15.5 Å². The van der Waals surface area contributed by atoms with Crippen molar-refractivity contribution in [2.24, 2.45) is 0 Å². The fourth-order valence-electron chi connectivity index (χ4n) is 4.87. The van der Waals surface area contributed by atoms with E-state index in [-0.39, 0.29) is 6.04 Å². The number of aromatic nitrogens is 2. The van der Waals surface area contributed by atoms with E-state index in [1.54, 1.807) is 17.4 Å². The standard InChI is InChI=1S/C30H28N6OS/c1-20-16-22(6-5-12-31)17-21(2)27(20)37-29-28-26(11-15-38-28)34-30(35-29)33-25-9-13-36(14-10-25)19-24-8-4-3-7-23(24)18-32/h3-8,11,15-17,25H,9-10,13-14,19H2,1-2H3,(H,33,34,35)/b6-5+. The molecule has 8 heteroatoms. The molecule has 2 aromatic heterocycles. The Kier molecular flexibility index (Phi) is 7.65. The summed E-state index contributed by atoms with van der Waals surface area (Å²) in [6.07, 6.45) is 5.20. The van der Waals surface area contributed by atoms with E-state index in [1.165, 1.54) is 6.08 Å². The van der Waals surface area contributed by atoms with E-state index in [9.17, 15) is 5.26 Å². The lowest BCUT2D eigenvalue weighted by Gasteiger charge is -2.32. The van der Waals surface area contributed by atoms with Crippen LogP contribution in [0.5, 0.6) is 11.6 Å². The van der Waals surface area contributed by atoms with Gasteiger partial charge in [-0.15, -0.1) is 11.3 Å². The van der Waals surface area contributed by atoms with Crippen LogP contribution in [0, 0.1) is 36.5 Å². The number of benzene rings is 2. The summed E-state index contributed by atoms with van der Waals surface area (Å²) in [6.45, 7) is 6.66. The number of hydrogen-bond donors (Lipinski definition) is 1. The molecule has 5 rings (SSSR count). The van der Waals surface area contributed by atoms with Crippen molar-refractivity contribution < 1.29 is 4.74 Å². The molecule has 0 unspecified atom stereocenters. The number of ether oxygens (including phenoxy) is 1. The largest absolute Gasteiger partial charge is 0.437 e. The average molecular weight is 521 g/mol. The number of rotatable bonds is 7. The number of likely N-dealkylation sites (tertiary alicyclic amines) is 1. The van der Waals surface area contributed by atoms with Gasteiger partial charge in [-0.1, -0.05) is 18.2 Å². The predicted molar refractivity (Wildman–Crippen MR) is 151 cm³/mol. The molecule has 1 fully saturated rings. The molecule has 7 nitrogen and oxygen atoms in total. The highest BCUT2D eigenvalue weighted by molar-refractivity contribution is 7.17. The molecule has 0 atom stereocenters. The van der Waals surface area contributed by atoms with E-state index in [2.05, 4.69) is 16.3 Å². The van der Waals surface area contributed by atoms with Crippen LogP contribution in [0.4, 0.5) is 5.95 Å². The number of fused-ring (bicyclic) bond motifs is 1. The Balaban J connectivity index is 1.29. The summed E-state index contributed by atoms with van der Waals surface area (Å²) in [5, 5.41) is 23.8. The van der Waals surface area contributed by atoms with Crippen molar-refractivity contribution in [3.63, 3.8) is 0 Å². The average Bonchev–Trinajstić information content (AvgIpc) is 3.40. The molecule has 1 N–H and O–H groups in total. The van der Waals surface area contributed by atoms with Crippen LogP contribution in [0.25, 0.3) is 16.3 Å². The zero-order chi connectivity index (χ0) is 26.5. The summed E-state index contributed by atoms with van der Waals surface area (Å²) in [7, 11) is 0. The third-order valence-corrected chi connectivity index (χ3v) is 7.65. The molecule has 0 aliphatic carbocycles. The van der Waals surface area contributed by atoms with Gasteiger partial charge in [0.2, 0.25) is 11.8 Å². The van der Waals surface area contributed by atoms with E-state index in [4.69, 9.17) is 20.0 Å². The van der Waals surface area contributed by atoms with Gasteiger partial charge in [-0.05, 0) is 84.7 Å². The van der Waals surface area contributed by atoms with Crippen LogP contribution in [0.2, 0.25) is 0 Å². The highest BCUT2D eigenvalue weighted by atomic mass is 32.1. The molecule has 3 heterocycles. The second-order valence-electron chi connectivity index (χ2n) is 9.50. The lowest BCUT2D eigenvalue weighted by molar-refractivity contribution is 0.211. The first kappa shape index (κ1) is 25.4. The Morgan fingerprint density at radius 3 is 2.61 bits per heavy atom. The Morgan fingerprint density at radius 1 is 1.11 bits per heavy atom. The molecule has 2 aromatic carbocycles. The molecule has 0 amide bonds. The first-order valence-corrected chi connectivity index (χ1v) is 13.5. The van der Waals surface area contributed by atoms with Gasteiger partial charge in [0.05, 0.1) is 23.2 Å². The van der Waals surface area contributed by atoms with Crippen molar-refractivity contribution in [3.05, 3.63) is 81.7 Å². The number of anilines is 1. The summed E-state index contributed by atoms with van der Waals surface area (Å²) in [6, 6.07) is 18.4. The van der Waals surface area contributed by atoms with Crippen molar-refractivity contribution >= 4 is 33.6 Å². The molecule has 0 radical (unpaired) electrons. The number of nitriles is 2. The number of thiophene rings is 1. The Bertz CT molecular complexity index is 1550. The minimum atomic E-state index is 0.260. The fourth-order valence-corrected chi connectivity index (χ4v) is 5.62. The van der Waals surface area contributed by atoms with Gasteiger partial charge in [-0.3, -0.25) is 4.90 Å². The van der Waals surface area contributed by atoms with Crippen LogP contribution in [0.15, 0.2) is 53.9 Å². The molecule has 0 spiro atoms. The molecule has 1 saturated heterocycles. The van der Waals surface area contributed by atoms with Crippen molar-refractivity contribution in [1.29, 1.82) is 10.5 Å². The predicted octanol–water partition coefficient (Wildman–Crippen LogP) is 6.59. The third kappa shape index (κ3) is 5.68. The first-order chi connectivity index (χ1) is 18.5. The van der Waals surface area contributed by atoms with Gasteiger partial charge in [0, 0.05) is 31.8 Å². The second kappa shape index (κ2) is 11.4. The van der Waals surface area contributed by atoms with E-state index in [0.29, 0.717) is 11.8 Å². The van der Waals surface area contributed by atoms with Gasteiger partial charge in [0.1, 0.15) is 10.4 Å². The molecule has 1 aliphatic heterocycles. The number of nitrogens with one attached hydrogen (secondary N) is 1. The van der Waals surface area contributed by atoms with Gasteiger partial charge in [0.25, 0.3) is 0 Å². The third-order valence-electron chi connectivity index (χ3n) is 6.76. The van der Waals surface area contributed by atoms with Crippen molar-refractivity contribution in [3.8, 4) is 23.8 Å². The van der Waals surface area contributed by atoms with Crippen LogP contribution in [0.3, 0.4) is 0 Å². The molecule has 1 aliphatic rings. The number of piperidine rings is 1. The number of aryl methyl sites for hydroxylation is 2. The zero-order valence-electron chi connectivity index (χ0n) is 21.4. The van der Waals surface area contributed by atoms with Gasteiger partial charge >= 0.3 is 0 Å².